The van der Waals surface area contributed by atoms with E-state index in [-0.39, 0.29) is 12.3 Å². The van der Waals surface area contributed by atoms with Crippen LogP contribution < -0.4 is 14.9 Å². The van der Waals surface area contributed by atoms with Gasteiger partial charge in [-0.1, -0.05) is 48.0 Å². The molecule has 2 heterocycles. The Morgan fingerprint density at radius 3 is 2.61 bits per heavy atom. The highest BCUT2D eigenvalue weighted by molar-refractivity contribution is 6.30. The van der Waals surface area contributed by atoms with E-state index in [1.165, 1.54) is 0 Å². The molecule has 1 N–H and O–H groups in total. The van der Waals surface area contributed by atoms with Crippen molar-refractivity contribution < 1.29 is 14.3 Å². The monoisotopic (exact) mass is 459 g/mol. The summed E-state index contributed by atoms with van der Waals surface area (Å²) >= 11 is 6.01. The van der Waals surface area contributed by atoms with Crippen LogP contribution >= 0.6 is 11.6 Å². The van der Waals surface area contributed by atoms with Crippen LogP contribution in [0, 0.1) is 0 Å². The summed E-state index contributed by atoms with van der Waals surface area (Å²) in [5.74, 6) is 1.18. The highest BCUT2D eigenvalue weighted by Gasteiger charge is 2.13. The van der Waals surface area contributed by atoms with Gasteiger partial charge < -0.3 is 14.0 Å². The van der Waals surface area contributed by atoms with Crippen molar-refractivity contribution in [2.24, 2.45) is 5.10 Å². The fraction of sp³-hybridized carbons (Fsp3) is 0.154. The predicted molar refractivity (Wildman–Crippen MR) is 129 cm³/mol. The average Bonchev–Trinajstić information content (AvgIpc) is 3.18. The molecule has 0 fully saturated rings. The Hall–Kier alpha value is -3.77. The van der Waals surface area contributed by atoms with Crippen LogP contribution in [0.5, 0.6) is 11.5 Å². The molecule has 0 bridgehead atoms. The van der Waals surface area contributed by atoms with E-state index in [1.54, 1.807) is 6.21 Å². The van der Waals surface area contributed by atoms with E-state index in [0.717, 1.165) is 32.6 Å². The zero-order chi connectivity index (χ0) is 22.6. The van der Waals surface area contributed by atoms with Crippen molar-refractivity contribution in [1.82, 2.24) is 9.99 Å². The van der Waals surface area contributed by atoms with Crippen LogP contribution in [0.25, 0.3) is 10.9 Å². The number of aromatic nitrogens is 1. The molecular formula is C26H22ClN3O3. The molecule has 6 nitrogen and oxygen atoms in total. The van der Waals surface area contributed by atoms with Crippen molar-refractivity contribution in [2.45, 2.75) is 13.0 Å². The standard InChI is InChI=1S/C26H22ClN3O3/c27-21-8-5-18(6-9-21)16-30-17-20(22-3-1-2-4-23(22)30)15-28-29-26(31)14-19-7-10-24-25(13-19)33-12-11-32-24/h1-10,13,15,17H,11-12,14,16H2,(H,29,31)/b28-15-. The van der Waals surface area contributed by atoms with Gasteiger partial charge in [-0.25, -0.2) is 5.43 Å². The molecule has 0 saturated carbocycles. The van der Waals surface area contributed by atoms with Crippen LogP contribution in [0.1, 0.15) is 16.7 Å². The molecule has 166 valence electrons. The van der Waals surface area contributed by atoms with E-state index in [4.69, 9.17) is 21.1 Å². The minimum atomic E-state index is -0.201. The quantitative estimate of drug-likeness (QED) is 0.332. The van der Waals surface area contributed by atoms with E-state index in [9.17, 15) is 4.79 Å². The Morgan fingerprint density at radius 1 is 1.00 bits per heavy atom. The maximum Gasteiger partial charge on any atom is 0.244 e. The van der Waals surface area contributed by atoms with Gasteiger partial charge in [0, 0.05) is 34.2 Å². The summed E-state index contributed by atoms with van der Waals surface area (Å²) in [6.07, 6.45) is 3.92. The van der Waals surface area contributed by atoms with Crippen molar-refractivity contribution in [2.75, 3.05) is 13.2 Å². The number of hydrogen-bond acceptors (Lipinski definition) is 4. The molecule has 4 aromatic rings. The summed E-state index contributed by atoms with van der Waals surface area (Å²) in [6.45, 7) is 1.76. The Labute approximate surface area is 196 Å². The first-order valence-corrected chi connectivity index (χ1v) is 11.1. The fourth-order valence-corrected chi connectivity index (χ4v) is 4.02. The zero-order valence-corrected chi connectivity index (χ0v) is 18.6. The van der Waals surface area contributed by atoms with E-state index in [1.807, 2.05) is 66.9 Å². The smallest absolute Gasteiger partial charge is 0.244 e. The second-order valence-corrected chi connectivity index (χ2v) is 8.24. The molecule has 33 heavy (non-hydrogen) atoms. The number of nitrogens with zero attached hydrogens (tertiary/aromatic N) is 2. The highest BCUT2D eigenvalue weighted by Crippen LogP contribution is 2.30. The molecule has 0 saturated heterocycles. The van der Waals surface area contributed by atoms with E-state index in [2.05, 4.69) is 21.2 Å². The first kappa shape index (κ1) is 21.1. The van der Waals surface area contributed by atoms with Gasteiger partial charge in [0.2, 0.25) is 5.91 Å². The van der Waals surface area contributed by atoms with Crippen LogP contribution in [-0.2, 0) is 17.8 Å². The maximum absolute atomic E-state index is 12.4. The summed E-state index contributed by atoms with van der Waals surface area (Å²) in [6, 6.07) is 21.5. The van der Waals surface area contributed by atoms with Gasteiger partial charge in [0.05, 0.1) is 12.6 Å². The zero-order valence-electron chi connectivity index (χ0n) is 17.8. The van der Waals surface area contributed by atoms with Crippen molar-refractivity contribution >= 4 is 34.6 Å². The first-order chi connectivity index (χ1) is 16.2. The lowest BCUT2D eigenvalue weighted by Gasteiger charge is -2.18. The van der Waals surface area contributed by atoms with Gasteiger partial charge in [-0.3, -0.25) is 4.79 Å². The molecule has 3 aromatic carbocycles. The number of fused-ring (bicyclic) bond motifs is 2. The first-order valence-electron chi connectivity index (χ1n) is 10.7. The molecule has 1 aliphatic heterocycles. The molecule has 0 spiro atoms. The van der Waals surface area contributed by atoms with Crippen LogP contribution in [0.3, 0.4) is 0 Å². The number of rotatable bonds is 6. The molecule has 0 atom stereocenters. The van der Waals surface area contributed by atoms with Gasteiger partial charge in [-0.05, 0) is 41.5 Å². The van der Waals surface area contributed by atoms with Crippen LogP contribution in [0.15, 0.2) is 78.0 Å². The third kappa shape index (κ3) is 4.86. The normalized spacial score (nSPS) is 12.9. The number of nitrogens with one attached hydrogen (secondary N) is 1. The Morgan fingerprint density at radius 2 is 1.76 bits per heavy atom. The van der Waals surface area contributed by atoms with E-state index >= 15 is 0 Å². The number of ether oxygens (including phenoxy) is 2. The lowest BCUT2D eigenvalue weighted by atomic mass is 10.1. The number of halogens is 1. The minimum absolute atomic E-state index is 0.201. The molecular weight excluding hydrogens is 438 g/mol. The number of carbonyl (C=O) groups excluding carboxylic acids is 1. The fourth-order valence-electron chi connectivity index (χ4n) is 3.89. The lowest BCUT2D eigenvalue weighted by Crippen LogP contribution is -2.20. The second-order valence-electron chi connectivity index (χ2n) is 7.80. The third-order valence-corrected chi connectivity index (χ3v) is 5.70. The average molecular weight is 460 g/mol. The highest BCUT2D eigenvalue weighted by atomic mass is 35.5. The minimum Gasteiger partial charge on any atom is -0.486 e. The number of amides is 1. The predicted octanol–water partition coefficient (Wildman–Crippen LogP) is 4.81. The van der Waals surface area contributed by atoms with Gasteiger partial charge in [0.25, 0.3) is 0 Å². The SMILES string of the molecule is O=C(Cc1ccc2c(c1)OCCO2)N/N=C\c1cn(Cc2ccc(Cl)cc2)c2ccccc12. The molecule has 1 aliphatic rings. The van der Waals surface area contributed by atoms with E-state index in [0.29, 0.717) is 31.3 Å². The summed E-state index contributed by atoms with van der Waals surface area (Å²) < 4.78 is 13.3. The maximum atomic E-state index is 12.4. The van der Waals surface area contributed by atoms with Gasteiger partial charge in [0.1, 0.15) is 13.2 Å². The molecule has 1 amide bonds. The van der Waals surface area contributed by atoms with Crippen LogP contribution in [0.4, 0.5) is 0 Å². The van der Waals surface area contributed by atoms with Gasteiger partial charge in [0.15, 0.2) is 11.5 Å². The third-order valence-electron chi connectivity index (χ3n) is 5.45. The van der Waals surface area contributed by atoms with Gasteiger partial charge >= 0.3 is 0 Å². The van der Waals surface area contributed by atoms with Crippen molar-refractivity contribution in [3.63, 3.8) is 0 Å². The largest absolute Gasteiger partial charge is 0.486 e. The van der Waals surface area contributed by atoms with Crippen LogP contribution in [0.2, 0.25) is 5.02 Å². The summed E-state index contributed by atoms with van der Waals surface area (Å²) in [4.78, 5) is 12.4. The van der Waals surface area contributed by atoms with E-state index < -0.39 is 0 Å². The number of benzene rings is 3. The second kappa shape index (κ2) is 9.38. The Bertz CT molecular complexity index is 1330. The summed E-state index contributed by atoms with van der Waals surface area (Å²) in [5, 5.41) is 5.98. The topological polar surface area (TPSA) is 64.8 Å². The molecule has 5 rings (SSSR count). The number of hydrogen-bond donors (Lipinski definition) is 1. The lowest BCUT2D eigenvalue weighted by molar-refractivity contribution is -0.120. The number of para-hydroxylation sites is 1. The van der Waals surface area contributed by atoms with Gasteiger partial charge in [-0.2, -0.15) is 5.10 Å². The molecule has 0 aliphatic carbocycles. The molecule has 7 heteroatoms. The summed E-state index contributed by atoms with van der Waals surface area (Å²) in [5.41, 5.74) is 6.64. The van der Waals surface area contributed by atoms with Gasteiger partial charge in [-0.15, -0.1) is 0 Å². The van der Waals surface area contributed by atoms with Crippen molar-refractivity contribution in [3.8, 4) is 11.5 Å². The van der Waals surface area contributed by atoms with Crippen molar-refractivity contribution in [3.05, 3.63) is 94.6 Å². The molecule has 0 unspecified atom stereocenters. The molecule has 1 aromatic heterocycles. The molecule has 0 radical (unpaired) electrons. The van der Waals surface area contributed by atoms with Crippen LogP contribution in [-0.4, -0.2) is 29.9 Å². The number of hydrazone groups is 1. The Balaban J connectivity index is 1.28. The number of carbonyl (C=O) groups is 1. The van der Waals surface area contributed by atoms with Crippen molar-refractivity contribution in [1.29, 1.82) is 0 Å². The summed E-state index contributed by atoms with van der Waals surface area (Å²) in [7, 11) is 0. The Kier molecular flexibility index (Phi) is 6.00.